The highest BCUT2D eigenvalue weighted by Crippen LogP contribution is 2.23. The lowest BCUT2D eigenvalue weighted by atomic mass is 10.3. The van der Waals surface area contributed by atoms with Crippen LogP contribution in [0.15, 0.2) is 18.2 Å². The molecule has 1 aromatic carbocycles. The number of benzene rings is 1. The third-order valence-corrected chi connectivity index (χ3v) is 3.81. The van der Waals surface area contributed by atoms with E-state index >= 15 is 0 Å². The molecule has 20 heavy (non-hydrogen) atoms. The second-order valence-corrected chi connectivity index (χ2v) is 6.11. The second-order valence-electron chi connectivity index (χ2n) is 3.91. The summed E-state index contributed by atoms with van der Waals surface area (Å²) in [6, 6.07) is 4.79. The molecule has 0 aliphatic heterocycles. The average Bonchev–Trinajstić information content (AvgIpc) is 2.34. The molecule has 0 saturated carbocycles. The maximum atomic E-state index is 11.9. The van der Waals surface area contributed by atoms with Crippen molar-refractivity contribution in [3.05, 3.63) is 28.2 Å². The second kappa shape index (κ2) is 8.39. The Balaban J connectivity index is 2.51. The number of anilines is 1. The van der Waals surface area contributed by atoms with Gasteiger partial charge in [0.1, 0.15) is 0 Å². The summed E-state index contributed by atoms with van der Waals surface area (Å²) in [5.74, 6) is -0.417. The smallest absolute Gasteiger partial charge is 0.315 e. The number of halogens is 2. The van der Waals surface area contributed by atoms with Crippen molar-refractivity contribution in [2.24, 2.45) is 0 Å². The van der Waals surface area contributed by atoms with Gasteiger partial charge < -0.3 is 10.1 Å². The van der Waals surface area contributed by atoms with Gasteiger partial charge in [-0.3, -0.25) is 9.59 Å². The van der Waals surface area contributed by atoms with Gasteiger partial charge in [-0.2, -0.15) is 0 Å². The topological polar surface area (TPSA) is 55.4 Å². The predicted molar refractivity (Wildman–Crippen MR) is 83.6 cm³/mol. The number of ether oxygens (including phenoxy) is 1. The quantitative estimate of drug-likeness (QED) is 0.806. The van der Waals surface area contributed by atoms with Crippen LogP contribution >= 0.6 is 35.0 Å². The van der Waals surface area contributed by atoms with Gasteiger partial charge in [-0.15, -0.1) is 11.8 Å². The molecule has 0 radical (unpaired) electrons. The molecule has 1 aromatic rings. The molecule has 0 aliphatic carbocycles. The van der Waals surface area contributed by atoms with Crippen molar-refractivity contribution >= 4 is 52.5 Å². The lowest BCUT2D eigenvalue weighted by Gasteiger charge is -2.12. The third kappa shape index (κ3) is 6.03. The zero-order valence-corrected chi connectivity index (χ0v) is 13.4. The molecule has 0 bridgehead atoms. The van der Waals surface area contributed by atoms with Crippen molar-refractivity contribution in [2.75, 3.05) is 17.7 Å². The Labute approximate surface area is 132 Å². The van der Waals surface area contributed by atoms with Crippen molar-refractivity contribution in [3.8, 4) is 0 Å². The van der Waals surface area contributed by atoms with E-state index in [-0.39, 0.29) is 17.6 Å². The minimum absolute atomic E-state index is 0.138. The van der Waals surface area contributed by atoms with Crippen molar-refractivity contribution in [3.63, 3.8) is 0 Å². The van der Waals surface area contributed by atoms with E-state index in [1.165, 1.54) is 11.8 Å². The maximum Gasteiger partial charge on any atom is 0.315 e. The Morgan fingerprint density at radius 3 is 2.45 bits per heavy atom. The van der Waals surface area contributed by atoms with E-state index < -0.39 is 5.25 Å². The van der Waals surface area contributed by atoms with E-state index in [9.17, 15) is 9.59 Å². The van der Waals surface area contributed by atoms with Crippen LogP contribution in [-0.2, 0) is 14.3 Å². The first kappa shape index (κ1) is 17.1. The molecule has 1 amide bonds. The fourth-order valence-corrected chi connectivity index (χ4v) is 2.55. The van der Waals surface area contributed by atoms with Gasteiger partial charge in [0.25, 0.3) is 0 Å². The lowest BCUT2D eigenvalue weighted by Crippen LogP contribution is -2.24. The van der Waals surface area contributed by atoms with Gasteiger partial charge in [0.2, 0.25) is 5.91 Å². The van der Waals surface area contributed by atoms with Crippen LogP contribution in [0.1, 0.15) is 13.8 Å². The number of amides is 1. The van der Waals surface area contributed by atoms with Crippen LogP contribution in [0.5, 0.6) is 0 Å². The zero-order valence-electron chi connectivity index (χ0n) is 11.1. The minimum Gasteiger partial charge on any atom is -0.465 e. The van der Waals surface area contributed by atoms with Gasteiger partial charge in [0.15, 0.2) is 0 Å². The van der Waals surface area contributed by atoms with Crippen molar-refractivity contribution in [1.29, 1.82) is 0 Å². The highest BCUT2D eigenvalue weighted by molar-refractivity contribution is 8.01. The fraction of sp³-hybridized carbons (Fsp3) is 0.385. The molecule has 4 nitrogen and oxygen atoms in total. The average molecular weight is 336 g/mol. The van der Waals surface area contributed by atoms with E-state index in [1.54, 1.807) is 32.0 Å². The van der Waals surface area contributed by atoms with Gasteiger partial charge >= 0.3 is 5.97 Å². The van der Waals surface area contributed by atoms with Crippen LogP contribution in [0.4, 0.5) is 5.69 Å². The number of carbonyl (C=O) groups is 2. The van der Waals surface area contributed by atoms with Crippen LogP contribution in [0.25, 0.3) is 0 Å². The van der Waals surface area contributed by atoms with Crippen LogP contribution in [-0.4, -0.2) is 29.5 Å². The first-order chi connectivity index (χ1) is 9.42. The summed E-state index contributed by atoms with van der Waals surface area (Å²) in [5, 5.41) is 3.19. The van der Waals surface area contributed by atoms with Crippen LogP contribution in [0.3, 0.4) is 0 Å². The first-order valence-electron chi connectivity index (χ1n) is 5.96. The molecule has 1 atom stereocenters. The van der Waals surface area contributed by atoms with Crippen LogP contribution in [0.2, 0.25) is 10.0 Å². The summed E-state index contributed by atoms with van der Waals surface area (Å²) in [4.78, 5) is 23.1. The SMILES string of the molecule is CCOC(=O)CSC(C)C(=O)Nc1cc(Cl)cc(Cl)c1. The molecule has 110 valence electrons. The number of hydrogen-bond acceptors (Lipinski definition) is 4. The van der Waals surface area contributed by atoms with E-state index in [0.29, 0.717) is 22.3 Å². The predicted octanol–water partition coefficient (Wildman–Crippen LogP) is 3.62. The summed E-state index contributed by atoms with van der Waals surface area (Å²) in [7, 11) is 0. The molecular formula is C13H15Cl2NO3S. The van der Waals surface area contributed by atoms with Gasteiger partial charge in [-0.25, -0.2) is 0 Å². The zero-order chi connectivity index (χ0) is 15.1. The monoisotopic (exact) mass is 335 g/mol. The largest absolute Gasteiger partial charge is 0.465 e. The molecule has 1 N–H and O–H groups in total. The summed E-state index contributed by atoms with van der Waals surface area (Å²) < 4.78 is 4.80. The lowest BCUT2D eigenvalue weighted by molar-refractivity contribution is -0.139. The molecule has 0 fully saturated rings. The van der Waals surface area contributed by atoms with Crippen molar-refractivity contribution < 1.29 is 14.3 Å². The molecule has 0 aromatic heterocycles. The Hall–Kier alpha value is -0.910. The Kier molecular flexibility index (Phi) is 7.19. The standard InChI is InChI=1S/C13H15Cl2NO3S/c1-3-19-12(17)7-20-8(2)13(18)16-11-5-9(14)4-10(15)6-11/h4-6,8H,3,7H2,1-2H3,(H,16,18). The third-order valence-electron chi connectivity index (χ3n) is 2.26. The maximum absolute atomic E-state index is 11.9. The normalized spacial score (nSPS) is 11.8. The Morgan fingerprint density at radius 1 is 1.30 bits per heavy atom. The molecule has 0 aliphatic rings. The van der Waals surface area contributed by atoms with Gasteiger partial charge in [0.05, 0.1) is 17.6 Å². The van der Waals surface area contributed by atoms with Gasteiger partial charge in [-0.05, 0) is 32.0 Å². The Bertz CT molecular complexity index is 476. The van der Waals surface area contributed by atoms with E-state index in [1.807, 2.05) is 0 Å². The van der Waals surface area contributed by atoms with Crippen molar-refractivity contribution in [2.45, 2.75) is 19.1 Å². The molecule has 1 rings (SSSR count). The minimum atomic E-state index is -0.392. The molecule has 0 heterocycles. The first-order valence-corrected chi connectivity index (χ1v) is 7.77. The highest BCUT2D eigenvalue weighted by atomic mass is 35.5. The summed E-state index contributed by atoms with van der Waals surface area (Å²) in [5.41, 5.74) is 0.524. The number of thioether (sulfide) groups is 1. The summed E-state index contributed by atoms with van der Waals surface area (Å²) >= 11 is 12.9. The number of nitrogens with one attached hydrogen (secondary N) is 1. The van der Waals surface area contributed by atoms with Crippen LogP contribution < -0.4 is 5.32 Å². The molecular weight excluding hydrogens is 321 g/mol. The number of hydrogen-bond donors (Lipinski definition) is 1. The van der Waals surface area contributed by atoms with E-state index in [2.05, 4.69) is 5.32 Å². The Morgan fingerprint density at radius 2 is 1.90 bits per heavy atom. The molecule has 1 unspecified atom stereocenters. The number of rotatable bonds is 6. The van der Waals surface area contributed by atoms with Gasteiger partial charge in [0, 0.05) is 15.7 Å². The fourth-order valence-electron chi connectivity index (χ4n) is 1.34. The van der Waals surface area contributed by atoms with Crippen LogP contribution in [0, 0.1) is 0 Å². The summed E-state index contributed by atoms with van der Waals surface area (Å²) in [6.45, 7) is 3.79. The van der Waals surface area contributed by atoms with Gasteiger partial charge in [-0.1, -0.05) is 23.2 Å². The number of carbonyl (C=O) groups excluding carboxylic acids is 2. The molecule has 0 spiro atoms. The summed E-state index contributed by atoms with van der Waals surface area (Å²) in [6.07, 6.45) is 0. The number of esters is 1. The van der Waals surface area contributed by atoms with Crippen molar-refractivity contribution in [1.82, 2.24) is 0 Å². The van der Waals surface area contributed by atoms with E-state index in [4.69, 9.17) is 27.9 Å². The molecule has 0 saturated heterocycles. The van der Waals surface area contributed by atoms with E-state index in [0.717, 1.165) is 0 Å². The molecule has 7 heteroatoms. The highest BCUT2D eigenvalue weighted by Gasteiger charge is 2.16.